The van der Waals surface area contributed by atoms with Gasteiger partial charge < -0.3 is 0 Å². The Bertz CT molecular complexity index is 788. The Balaban J connectivity index is 1.69. The molecule has 3 rings (SSSR count). The molecule has 3 heteroatoms. The molecule has 0 amide bonds. The minimum Gasteiger partial charge on any atom is -0.256 e. The molecule has 1 unspecified atom stereocenters. The van der Waals surface area contributed by atoms with Gasteiger partial charge in [0.05, 0.1) is 5.52 Å². The highest BCUT2D eigenvalue weighted by Gasteiger charge is 2.13. The van der Waals surface area contributed by atoms with Crippen molar-refractivity contribution < 1.29 is 0 Å². The van der Waals surface area contributed by atoms with Crippen molar-refractivity contribution in [2.45, 2.75) is 32.1 Å². The summed E-state index contributed by atoms with van der Waals surface area (Å²) in [4.78, 5) is 4.52. The van der Waals surface area contributed by atoms with Crippen LogP contribution in [0.4, 0.5) is 0 Å². The standard InChI is InChI=1S/C20H19Cl2N/c1-14(19-17(21)11-4-12-18(19)22)6-2-7-15-8-3-9-16-10-5-13-23-20(15)16/h3-5,8-14H,2,6-7H2,1H3. The van der Waals surface area contributed by atoms with Crippen molar-refractivity contribution in [2.75, 3.05) is 0 Å². The van der Waals surface area contributed by atoms with E-state index in [4.69, 9.17) is 23.2 Å². The van der Waals surface area contributed by atoms with Gasteiger partial charge in [-0.25, -0.2) is 0 Å². The molecule has 1 atom stereocenters. The fourth-order valence-corrected chi connectivity index (χ4v) is 3.86. The maximum Gasteiger partial charge on any atom is 0.0733 e. The van der Waals surface area contributed by atoms with Crippen LogP contribution in [0.3, 0.4) is 0 Å². The molecule has 3 aromatic rings. The van der Waals surface area contributed by atoms with Gasteiger partial charge in [-0.2, -0.15) is 0 Å². The number of pyridine rings is 1. The number of aromatic nitrogens is 1. The number of fused-ring (bicyclic) bond motifs is 1. The predicted octanol–water partition coefficient (Wildman–Crippen LogP) is 6.67. The zero-order valence-corrected chi connectivity index (χ0v) is 14.6. The molecule has 0 saturated heterocycles. The lowest BCUT2D eigenvalue weighted by atomic mass is 9.93. The van der Waals surface area contributed by atoms with E-state index in [1.165, 1.54) is 10.9 Å². The van der Waals surface area contributed by atoms with Crippen LogP contribution in [0, 0.1) is 0 Å². The van der Waals surface area contributed by atoms with Gasteiger partial charge in [-0.3, -0.25) is 4.98 Å². The Morgan fingerprint density at radius 1 is 0.957 bits per heavy atom. The Morgan fingerprint density at radius 3 is 2.43 bits per heavy atom. The van der Waals surface area contributed by atoms with E-state index < -0.39 is 0 Å². The molecule has 0 aliphatic heterocycles. The van der Waals surface area contributed by atoms with Crippen molar-refractivity contribution in [3.8, 4) is 0 Å². The number of halogens is 2. The highest BCUT2D eigenvalue weighted by Crippen LogP contribution is 2.34. The van der Waals surface area contributed by atoms with Crippen LogP contribution in [0.1, 0.15) is 36.8 Å². The number of aryl methyl sites for hydroxylation is 1. The summed E-state index contributed by atoms with van der Waals surface area (Å²) in [6.07, 6.45) is 5.00. The van der Waals surface area contributed by atoms with E-state index in [1.807, 2.05) is 30.5 Å². The molecular formula is C20H19Cl2N. The summed E-state index contributed by atoms with van der Waals surface area (Å²) in [5.41, 5.74) is 3.48. The summed E-state index contributed by atoms with van der Waals surface area (Å²) in [6, 6.07) is 16.2. The number of rotatable bonds is 5. The quantitative estimate of drug-likeness (QED) is 0.504. The van der Waals surface area contributed by atoms with E-state index in [1.54, 1.807) is 0 Å². The van der Waals surface area contributed by atoms with Gasteiger partial charge in [0.2, 0.25) is 0 Å². The molecule has 0 radical (unpaired) electrons. The van der Waals surface area contributed by atoms with Crippen LogP contribution in [0.2, 0.25) is 10.0 Å². The van der Waals surface area contributed by atoms with Crippen molar-refractivity contribution in [3.05, 3.63) is 75.9 Å². The monoisotopic (exact) mass is 343 g/mol. The molecule has 0 spiro atoms. The second kappa shape index (κ2) is 7.33. The van der Waals surface area contributed by atoms with Crippen molar-refractivity contribution in [3.63, 3.8) is 0 Å². The molecule has 0 N–H and O–H groups in total. The van der Waals surface area contributed by atoms with Crippen LogP contribution in [0.25, 0.3) is 10.9 Å². The highest BCUT2D eigenvalue weighted by molar-refractivity contribution is 6.36. The molecule has 2 aromatic carbocycles. The maximum absolute atomic E-state index is 6.30. The van der Waals surface area contributed by atoms with Gasteiger partial charge in [-0.05, 0) is 54.5 Å². The number of para-hydroxylation sites is 1. The van der Waals surface area contributed by atoms with Crippen molar-refractivity contribution in [1.82, 2.24) is 4.98 Å². The molecule has 0 bridgehead atoms. The fourth-order valence-electron chi connectivity index (χ4n) is 3.09. The number of hydrogen-bond acceptors (Lipinski definition) is 1. The summed E-state index contributed by atoms with van der Waals surface area (Å²) in [7, 11) is 0. The second-order valence-corrected chi connectivity index (χ2v) is 6.74. The van der Waals surface area contributed by atoms with Gasteiger partial charge in [0.1, 0.15) is 0 Å². The molecular weight excluding hydrogens is 325 g/mol. The maximum atomic E-state index is 6.30. The lowest BCUT2D eigenvalue weighted by molar-refractivity contribution is 0.635. The van der Waals surface area contributed by atoms with Gasteiger partial charge in [0, 0.05) is 21.6 Å². The van der Waals surface area contributed by atoms with E-state index in [-0.39, 0.29) is 0 Å². The third-order valence-corrected chi connectivity index (χ3v) is 4.95. The molecule has 0 aliphatic rings. The molecule has 23 heavy (non-hydrogen) atoms. The van der Waals surface area contributed by atoms with Crippen LogP contribution in [-0.4, -0.2) is 4.98 Å². The van der Waals surface area contributed by atoms with E-state index in [9.17, 15) is 0 Å². The minimum absolute atomic E-state index is 0.346. The smallest absolute Gasteiger partial charge is 0.0733 e. The van der Waals surface area contributed by atoms with E-state index in [0.29, 0.717) is 5.92 Å². The van der Waals surface area contributed by atoms with Gasteiger partial charge in [0.15, 0.2) is 0 Å². The lowest BCUT2D eigenvalue weighted by Crippen LogP contribution is -1.98. The van der Waals surface area contributed by atoms with Gasteiger partial charge in [0.25, 0.3) is 0 Å². The van der Waals surface area contributed by atoms with Crippen molar-refractivity contribution in [2.24, 2.45) is 0 Å². The van der Waals surface area contributed by atoms with Gasteiger partial charge in [-0.15, -0.1) is 0 Å². The zero-order chi connectivity index (χ0) is 16.2. The molecule has 1 nitrogen and oxygen atoms in total. The number of hydrogen-bond donors (Lipinski definition) is 0. The largest absolute Gasteiger partial charge is 0.256 e. The second-order valence-electron chi connectivity index (χ2n) is 5.92. The average Bonchev–Trinajstić information content (AvgIpc) is 2.55. The SMILES string of the molecule is CC(CCCc1cccc2cccnc12)c1c(Cl)cccc1Cl. The molecule has 1 heterocycles. The molecule has 118 valence electrons. The predicted molar refractivity (Wildman–Crippen MR) is 99.6 cm³/mol. The topological polar surface area (TPSA) is 12.9 Å². The third kappa shape index (κ3) is 3.68. The van der Waals surface area contributed by atoms with Crippen LogP contribution in [0.15, 0.2) is 54.7 Å². The lowest BCUT2D eigenvalue weighted by Gasteiger charge is -2.15. The van der Waals surface area contributed by atoms with Crippen LogP contribution in [-0.2, 0) is 6.42 Å². The first-order valence-corrected chi connectivity index (χ1v) is 8.69. The highest BCUT2D eigenvalue weighted by atomic mass is 35.5. The van der Waals surface area contributed by atoms with Gasteiger partial charge >= 0.3 is 0 Å². The first kappa shape index (κ1) is 16.3. The Hall–Kier alpha value is -1.57. The van der Waals surface area contributed by atoms with Crippen LogP contribution < -0.4 is 0 Å². The Kier molecular flexibility index (Phi) is 5.20. The average molecular weight is 344 g/mol. The summed E-state index contributed by atoms with van der Waals surface area (Å²) < 4.78 is 0. The number of nitrogens with zero attached hydrogens (tertiary/aromatic N) is 1. The fraction of sp³-hybridized carbons (Fsp3) is 0.250. The van der Waals surface area contributed by atoms with Crippen molar-refractivity contribution in [1.29, 1.82) is 0 Å². The van der Waals surface area contributed by atoms with E-state index in [2.05, 4.69) is 36.2 Å². The summed E-state index contributed by atoms with van der Waals surface area (Å²) >= 11 is 12.6. The zero-order valence-electron chi connectivity index (χ0n) is 13.1. The molecule has 0 saturated carbocycles. The Labute approximate surface area is 147 Å². The van der Waals surface area contributed by atoms with Crippen molar-refractivity contribution >= 4 is 34.1 Å². The normalized spacial score (nSPS) is 12.5. The minimum atomic E-state index is 0.346. The summed E-state index contributed by atoms with van der Waals surface area (Å²) in [5.74, 6) is 0.346. The number of benzene rings is 2. The first-order valence-electron chi connectivity index (χ1n) is 7.93. The molecule has 0 aliphatic carbocycles. The first-order chi connectivity index (χ1) is 11.2. The van der Waals surface area contributed by atoms with E-state index >= 15 is 0 Å². The van der Waals surface area contributed by atoms with E-state index in [0.717, 1.165) is 40.4 Å². The molecule has 1 aromatic heterocycles. The molecule has 0 fully saturated rings. The summed E-state index contributed by atoms with van der Waals surface area (Å²) in [6.45, 7) is 2.19. The summed E-state index contributed by atoms with van der Waals surface area (Å²) in [5, 5.41) is 2.72. The van der Waals surface area contributed by atoms with Crippen LogP contribution >= 0.6 is 23.2 Å². The third-order valence-electron chi connectivity index (χ3n) is 4.29. The van der Waals surface area contributed by atoms with Gasteiger partial charge in [-0.1, -0.05) is 60.5 Å². The Morgan fingerprint density at radius 2 is 1.65 bits per heavy atom. The van der Waals surface area contributed by atoms with Crippen LogP contribution in [0.5, 0.6) is 0 Å².